The van der Waals surface area contributed by atoms with Crippen molar-refractivity contribution >= 4 is 16.7 Å². The highest BCUT2D eigenvalue weighted by molar-refractivity contribution is 5.89. The molecule has 128 valence electrons. The van der Waals surface area contributed by atoms with E-state index >= 15 is 0 Å². The second kappa shape index (κ2) is 7.84. The van der Waals surface area contributed by atoms with Crippen LogP contribution in [0.25, 0.3) is 10.8 Å². The van der Waals surface area contributed by atoms with Crippen LogP contribution in [0.5, 0.6) is 5.75 Å². The van der Waals surface area contributed by atoms with Gasteiger partial charge in [0.15, 0.2) is 6.10 Å². The van der Waals surface area contributed by atoms with E-state index in [1.807, 2.05) is 60.7 Å². The van der Waals surface area contributed by atoms with Crippen molar-refractivity contribution in [1.29, 1.82) is 0 Å². The smallest absolute Gasteiger partial charge is 0.260 e. The van der Waals surface area contributed by atoms with Crippen molar-refractivity contribution < 1.29 is 9.53 Å². The first-order valence-corrected chi connectivity index (χ1v) is 8.62. The number of benzene rings is 3. The number of hydrogen-bond acceptors (Lipinski definition) is 2. The molecule has 0 fully saturated rings. The van der Waals surface area contributed by atoms with Gasteiger partial charge in [0.1, 0.15) is 5.75 Å². The molecule has 25 heavy (non-hydrogen) atoms. The maximum absolute atomic E-state index is 12.4. The number of ether oxygens (including phenoxy) is 1. The first kappa shape index (κ1) is 17.0. The van der Waals surface area contributed by atoms with Gasteiger partial charge in [-0.15, -0.1) is 0 Å². The van der Waals surface area contributed by atoms with Crippen LogP contribution in [0.4, 0.5) is 0 Å². The Bertz CT molecular complexity index is 840. The molecule has 0 saturated heterocycles. The molecule has 3 nitrogen and oxygen atoms in total. The largest absolute Gasteiger partial charge is 0.480 e. The molecule has 0 aliphatic rings. The summed E-state index contributed by atoms with van der Waals surface area (Å²) in [6, 6.07) is 24.1. The van der Waals surface area contributed by atoms with E-state index in [1.165, 1.54) is 5.56 Å². The lowest BCUT2D eigenvalue weighted by atomic mass is 10.0. The van der Waals surface area contributed by atoms with Crippen molar-refractivity contribution in [3.8, 4) is 5.75 Å². The molecule has 0 bridgehead atoms. The van der Waals surface area contributed by atoms with Gasteiger partial charge in [0.05, 0.1) is 0 Å². The van der Waals surface area contributed by atoms with Crippen LogP contribution in [0.1, 0.15) is 25.3 Å². The van der Waals surface area contributed by atoms with Crippen molar-refractivity contribution in [2.24, 2.45) is 0 Å². The van der Waals surface area contributed by atoms with Crippen LogP contribution < -0.4 is 10.1 Å². The Balaban J connectivity index is 1.61. The third-order valence-corrected chi connectivity index (χ3v) is 4.37. The first-order chi connectivity index (χ1) is 12.1. The highest BCUT2D eigenvalue weighted by Crippen LogP contribution is 2.26. The van der Waals surface area contributed by atoms with E-state index in [-0.39, 0.29) is 11.8 Å². The molecule has 0 spiro atoms. The minimum absolute atomic E-state index is 0.101. The molecule has 3 heteroatoms. The summed E-state index contributed by atoms with van der Waals surface area (Å²) in [4.78, 5) is 12.4. The average molecular weight is 333 g/mol. The van der Waals surface area contributed by atoms with E-state index in [2.05, 4.69) is 24.4 Å². The summed E-state index contributed by atoms with van der Waals surface area (Å²) in [5.74, 6) is 0.891. The molecular weight excluding hydrogens is 310 g/mol. The van der Waals surface area contributed by atoms with Crippen LogP contribution >= 0.6 is 0 Å². The van der Waals surface area contributed by atoms with Gasteiger partial charge in [-0.1, -0.05) is 73.7 Å². The molecule has 3 rings (SSSR count). The van der Waals surface area contributed by atoms with Crippen molar-refractivity contribution in [2.75, 3.05) is 6.54 Å². The number of carbonyl (C=O) groups excluding carboxylic acids is 1. The Hall–Kier alpha value is -2.81. The van der Waals surface area contributed by atoms with Crippen LogP contribution in [-0.2, 0) is 4.79 Å². The topological polar surface area (TPSA) is 38.3 Å². The fourth-order valence-corrected chi connectivity index (χ4v) is 2.84. The normalized spacial score (nSPS) is 13.2. The molecule has 3 aromatic carbocycles. The predicted molar refractivity (Wildman–Crippen MR) is 102 cm³/mol. The lowest BCUT2D eigenvalue weighted by Gasteiger charge is -2.18. The second-order valence-electron chi connectivity index (χ2n) is 6.29. The number of nitrogens with one attached hydrogen (secondary N) is 1. The molecule has 3 aromatic rings. The summed E-state index contributed by atoms with van der Waals surface area (Å²) in [7, 11) is 0. The number of fused-ring (bicyclic) bond motifs is 1. The van der Waals surface area contributed by atoms with Crippen molar-refractivity contribution in [3.63, 3.8) is 0 Å². The first-order valence-electron chi connectivity index (χ1n) is 8.62. The third kappa shape index (κ3) is 4.18. The van der Waals surface area contributed by atoms with Crippen molar-refractivity contribution in [1.82, 2.24) is 5.32 Å². The van der Waals surface area contributed by atoms with Gasteiger partial charge >= 0.3 is 0 Å². The van der Waals surface area contributed by atoms with Gasteiger partial charge in [0.2, 0.25) is 0 Å². The van der Waals surface area contributed by atoms with Gasteiger partial charge in [-0.2, -0.15) is 0 Å². The fraction of sp³-hybridized carbons (Fsp3) is 0.227. The van der Waals surface area contributed by atoms with E-state index < -0.39 is 6.10 Å². The van der Waals surface area contributed by atoms with E-state index in [0.29, 0.717) is 6.54 Å². The summed E-state index contributed by atoms with van der Waals surface area (Å²) in [6.45, 7) is 4.47. The Labute approximate surface area is 148 Å². The zero-order valence-electron chi connectivity index (χ0n) is 14.6. The molecule has 0 radical (unpaired) electrons. The summed E-state index contributed by atoms with van der Waals surface area (Å²) in [6.07, 6.45) is -0.547. The summed E-state index contributed by atoms with van der Waals surface area (Å²) < 4.78 is 5.92. The van der Waals surface area contributed by atoms with Crippen LogP contribution in [-0.4, -0.2) is 18.6 Å². The van der Waals surface area contributed by atoms with Gasteiger partial charge in [-0.25, -0.2) is 0 Å². The standard InChI is InChI=1S/C22H23NO2/c1-16(18-9-4-3-5-10-18)15-23-22(24)17(2)25-21-14-8-12-19-11-6-7-13-20(19)21/h3-14,16-17H,15H2,1-2H3,(H,23,24)/t16-,17+/m1/s1. The number of carbonyl (C=O) groups is 1. The minimum Gasteiger partial charge on any atom is -0.480 e. The molecule has 0 aliphatic carbocycles. The molecule has 2 atom stereocenters. The highest BCUT2D eigenvalue weighted by atomic mass is 16.5. The van der Waals surface area contributed by atoms with E-state index in [4.69, 9.17) is 4.74 Å². The Kier molecular flexibility index (Phi) is 5.34. The average Bonchev–Trinajstić information content (AvgIpc) is 2.66. The highest BCUT2D eigenvalue weighted by Gasteiger charge is 2.16. The maximum Gasteiger partial charge on any atom is 0.260 e. The van der Waals surface area contributed by atoms with E-state index in [9.17, 15) is 4.79 Å². The Morgan fingerprint density at radius 3 is 2.40 bits per heavy atom. The molecule has 0 heterocycles. The van der Waals surface area contributed by atoms with Gasteiger partial charge in [0.25, 0.3) is 5.91 Å². The molecule has 1 amide bonds. The zero-order valence-corrected chi connectivity index (χ0v) is 14.6. The predicted octanol–water partition coefficient (Wildman–Crippen LogP) is 4.53. The molecule has 0 aromatic heterocycles. The lowest BCUT2D eigenvalue weighted by molar-refractivity contribution is -0.127. The molecular formula is C22H23NO2. The van der Waals surface area contributed by atoms with Crippen molar-refractivity contribution in [3.05, 3.63) is 78.4 Å². The van der Waals surface area contributed by atoms with Crippen molar-refractivity contribution in [2.45, 2.75) is 25.9 Å². The molecule has 1 N–H and O–H groups in total. The van der Waals surface area contributed by atoms with Crippen LogP contribution in [0.3, 0.4) is 0 Å². The second-order valence-corrected chi connectivity index (χ2v) is 6.29. The SMILES string of the molecule is C[C@H](Oc1cccc2ccccc12)C(=O)NC[C@@H](C)c1ccccc1. The number of rotatable bonds is 6. The Morgan fingerprint density at radius 2 is 1.60 bits per heavy atom. The minimum atomic E-state index is -0.547. The monoisotopic (exact) mass is 333 g/mol. The number of hydrogen-bond donors (Lipinski definition) is 1. The molecule has 0 saturated carbocycles. The lowest BCUT2D eigenvalue weighted by Crippen LogP contribution is -2.38. The third-order valence-electron chi connectivity index (χ3n) is 4.37. The van der Waals surface area contributed by atoms with E-state index in [0.717, 1.165) is 16.5 Å². The fourth-order valence-electron chi connectivity index (χ4n) is 2.84. The van der Waals surface area contributed by atoms with E-state index in [1.54, 1.807) is 6.92 Å². The van der Waals surface area contributed by atoms with Crippen LogP contribution in [0.2, 0.25) is 0 Å². The summed E-state index contributed by atoms with van der Waals surface area (Å²) >= 11 is 0. The van der Waals surface area contributed by atoms with Gasteiger partial charge in [0, 0.05) is 11.9 Å². The van der Waals surface area contributed by atoms with Gasteiger partial charge in [-0.05, 0) is 29.9 Å². The molecule has 0 aliphatic heterocycles. The zero-order chi connectivity index (χ0) is 17.6. The van der Waals surface area contributed by atoms with Crippen LogP contribution in [0.15, 0.2) is 72.8 Å². The molecule has 0 unspecified atom stereocenters. The van der Waals surface area contributed by atoms with Crippen LogP contribution in [0, 0.1) is 0 Å². The van der Waals surface area contributed by atoms with Gasteiger partial charge < -0.3 is 10.1 Å². The summed E-state index contributed by atoms with van der Waals surface area (Å²) in [5, 5.41) is 5.10. The maximum atomic E-state index is 12.4. The van der Waals surface area contributed by atoms with Gasteiger partial charge in [-0.3, -0.25) is 4.79 Å². The quantitative estimate of drug-likeness (QED) is 0.720. The Morgan fingerprint density at radius 1 is 0.920 bits per heavy atom. The number of amides is 1. The summed E-state index contributed by atoms with van der Waals surface area (Å²) in [5.41, 5.74) is 1.21.